The maximum atomic E-state index is 6.14. The number of rotatable bonds is 7. The summed E-state index contributed by atoms with van der Waals surface area (Å²) in [6, 6.07) is 7.92. The van der Waals surface area contributed by atoms with E-state index in [0.717, 1.165) is 34.5 Å². The van der Waals surface area contributed by atoms with E-state index in [1.54, 1.807) is 18.1 Å². The van der Waals surface area contributed by atoms with Gasteiger partial charge < -0.3 is 0 Å². The Morgan fingerprint density at radius 1 is 1.45 bits per heavy atom. The lowest BCUT2D eigenvalue weighted by Crippen LogP contribution is -2.39. The normalized spacial score (nSPS) is 12.6. The molecule has 2 aromatic rings. The summed E-state index contributed by atoms with van der Waals surface area (Å²) >= 11 is 7.83. The molecular formula is C13H18ClN5S. The summed E-state index contributed by atoms with van der Waals surface area (Å²) < 4.78 is 1.88. The minimum absolute atomic E-state index is 0.116. The molecule has 0 fully saturated rings. The predicted octanol–water partition coefficient (Wildman–Crippen LogP) is 2.12. The quantitative estimate of drug-likeness (QED) is 0.466. The van der Waals surface area contributed by atoms with Crippen molar-refractivity contribution in [3.8, 4) is 0 Å². The molecule has 20 heavy (non-hydrogen) atoms. The lowest BCUT2D eigenvalue weighted by molar-refractivity contribution is 0.527. The van der Waals surface area contributed by atoms with Crippen LogP contribution in [0.3, 0.4) is 0 Å². The topological polar surface area (TPSA) is 68.8 Å². The van der Waals surface area contributed by atoms with Crippen LogP contribution in [0.2, 0.25) is 5.02 Å². The summed E-state index contributed by atoms with van der Waals surface area (Å²) in [6.45, 7) is 2.85. The zero-order valence-corrected chi connectivity index (χ0v) is 12.9. The minimum atomic E-state index is 0.116. The molecule has 0 saturated heterocycles. The van der Waals surface area contributed by atoms with E-state index >= 15 is 0 Å². The molecule has 7 heteroatoms. The number of nitrogens with one attached hydrogen (secondary N) is 1. The first-order valence-electron chi connectivity index (χ1n) is 6.44. The number of hydrazine groups is 1. The van der Waals surface area contributed by atoms with Crippen LogP contribution >= 0.6 is 23.4 Å². The summed E-state index contributed by atoms with van der Waals surface area (Å²) in [7, 11) is 0. The number of thioether (sulfide) groups is 1. The maximum Gasteiger partial charge on any atom is 0.138 e. The van der Waals surface area contributed by atoms with Gasteiger partial charge in [0, 0.05) is 29.7 Å². The second-order valence-corrected chi connectivity index (χ2v) is 5.77. The molecular weight excluding hydrogens is 294 g/mol. The standard InChI is InChI=1S/C13H18ClN5S/c1-2-19-13(16-9-17-19)7-10(18-15)8-20-12-6-4-3-5-11(12)14/h3-6,9-10,18H,2,7-8,15H2,1H3. The van der Waals surface area contributed by atoms with Crippen molar-refractivity contribution in [3.05, 3.63) is 41.4 Å². The largest absolute Gasteiger partial charge is 0.271 e. The highest BCUT2D eigenvalue weighted by atomic mass is 35.5. The van der Waals surface area contributed by atoms with Crippen molar-refractivity contribution in [1.82, 2.24) is 20.2 Å². The van der Waals surface area contributed by atoms with Crippen LogP contribution in [0.15, 0.2) is 35.5 Å². The van der Waals surface area contributed by atoms with Crippen LogP contribution in [-0.2, 0) is 13.0 Å². The molecule has 1 aromatic carbocycles. The Kier molecular flexibility index (Phi) is 5.85. The summed E-state index contributed by atoms with van der Waals surface area (Å²) in [4.78, 5) is 5.33. The molecule has 1 unspecified atom stereocenters. The molecule has 0 aliphatic carbocycles. The first-order chi connectivity index (χ1) is 9.74. The second-order valence-electron chi connectivity index (χ2n) is 4.30. The fraction of sp³-hybridized carbons (Fsp3) is 0.385. The Morgan fingerprint density at radius 2 is 2.25 bits per heavy atom. The zero-order valence-electron chi connectivity index (χ0n) is 11.3. The van der Waals surface area contributed by atoms with E-state index in [4.69, 9.17) is 17.4 Å². The fourth-order valence-corrected chi connectivity index (χ4v) is 3.12. The summed E-state index contributed by atoms with van der Waals surface area (Å²) in [5.74, 6) is 7.39. The van der Waals surface area contributed by atoms with Gasteiger partial charge in [-0.05, 0) is 19.1 Å². The lowest BCUT2D eigenvalue weighted by Gasteiger charge is -2.15. The van der Waals surface area contributed by atoms with Crippen molar-refractivity contribution in [3.63, 3.8) is 0 Å². The number of nitrogens with zero attached hydrogens (tertiary/aromatic N) is 3. The summed E-state index contributed by atoms with van der Waals surface area (Å²) in [6.07, 6.45) is 2.31. The molecule has 0 bridgehead atoms. The highest BCUT2D eigenvalue weighted by molar-refractivity contribution is 7.99. The van der Waals surface area contributed by atoms with Crippen LogP contribution in [0.1, 0.15) is 12.7 Å². The highest BCUT2D eigenvalue weighted by Crippen LogP contribution is 2.27. The van der Waals surface area contributed by atoms with E-state index in [2.05, 4.69) is 15.5 Å². The number of aryl methyl sites for hydroxylation is 1. The van der Waals surface area contributed by atoms with Crippen molar-refractivity contribution in [2.75, 3.05) is 5.75 Å². The third kappa shape index (κ3) is 3.96. The molecule has 0 aliphatic heterocycles. The van der Waals surface area contributed by atoms with Crippen molar-refractivity contribution in [2.45, 2.75) is 30.8 Å². The molecule has 0 radical (unpaired) electrons. The third-order valence-corrected chi connectivity index (χ3v) is 4.61. The molecule has 0 amide bonds. The molecule has 0 saturated carbocycles. The van der Waals surface area contributed by atoms with Crippen molar-refractivity contribution < 1.29 is 0 Å². The highest BCUT2D eigenvalue weighted by Gasteiger charge is 2.13. The third-order valence-electron chi connectivity index (χ3n) is 2.94. The Labute approximate surface area is 127 Å². The average Bonchev–Trinajstić information content (AvgIpc) is 2.92. The van der Waals surface area contributed by atoms with Gasteiger partial charge in [0.15, 0.2) is 0 Å². The number of nitrogens with two attached hydrogens (primary N) is 1. The monoisotopic (exact) mass is 311 g/mol. The van der Waals surface area contributed by atoms with Gasteiger partial charge in [0.25, 0.3) is 0 Å². The smallest absolute Gasteiger partial charge is 0.138 e. The van der Waals surface area contributed by atoms with Gasteiger partial charge in [0.1, 0.15) is 12.2 Å². The second kappa shape index (κ2) is 7.64. The van der Waals surface area contributed by atoms with Crippen LogP contribution in [-0.4, -0.2) is 26.6 Å². The molecule has 0 aliphatic rings. The van der Waals surface area contributed by atoms with E-state index in [1.807, 2.05) is 35.9 Å². The Morgan fingerprint density at radius 3 is 2.95 bits per heavy atom. The maximum absolute atomic E-state index is 6.14. The van der Waals surface area contributed by atoms with E-state index in [1.165, 1.54) is 0 Å². The molecule has 3 N–H and O–H groups in total. The van der Waals surface area contributed by atoms with Gasteiger partial charge >= 0.3 is 0 Å². The van der Waals surface area contributed by atoms with E-state index in [0.29, 0.717) is 0 Å². The first-order valence-corrected chi connectivity index (χ1v) is 7.81. The fourth-order valence-electron chi connectivity index (χ4n) is 1.85. The van der Waals surface area contributed by atoms with E-state index < -0.39 is 0 Å². The number of hydrogen-bond acceptors (Lipinski definition) is 5. The number of aromatic nitrogens is 3. The van der Waals surface area contributed by atoms with Gasteiger partial charge in [-0.1, -0.05) is 23.7 Å². The summed E-state index contributed by atoms with van der Waals surface area (Å²) in [5.41, 5.74) is 2.84. The molecule has 1 aromatic heterocycles. The Hall–Kier alpha value is -1.08. The van der Waals surface area contributed by atoms with Gasteiger partial charge in [-0.2, -0.15) is 5.10 Å². The Bertz CT molecular complexity index is 545. The van der Waals surface area contributed by atoms with E-state index in [-0.39, 0.29) is 6.04 Å². The summed E-state index contributed by atoms with van der Waals surface area (Å²) in [5, 5.41) is 4.93. The van der Waals surface area contributed by atoms with Crippen LogP contribution in [0.5, 0.6) is 0 Å². The molecule has 5 nitrogen and oxygen atoms in total. The van der Waals surface area contributed by atoms with Crippen LogP contribution < -0.4 is 11.3 Å². The molecule has 108 valence electrons. The Balaban J connectivity index is 1.94. The van der Waals surface area contributed by atoms with Gasteiger partial charge in [-0.15, -0.1) is 11.8 Å². The number of halogens is 1. The predicted molar refractivity (Wildman–Crippen MR) is 82.7 cm³/mol. The number of benzene rings is 1. The van der Waals surface area contributed by atoms with Gasteiger partial charge in [-0.25, -0.2) is 4.98 Å². The van der Waals surface area contributed by atoms with Crippen molar-refractivity contribution >= 4 is 23.4 Å². The van der Waals surface area contributed by atoms with Crippen LogP contribution in [0.4, 0.5) is 0 Å². The van der Waals surface area contributed by atoms with Gasteiger partial charge in [0.05, 0.1) is 5.02 Å². The van der Waals surface area contributed by atoms with E-state index in [9.17, 15) is 0 Å². The SMILES string of the molecule is CCn1ncnc1CC(CSc1ccccc1Cl)NN. The van der Waals surface area contributed by atoms with Crippen LogP contribution in [0, 0.1) is 0 Å². The number of hydrogen-bond donors (Lipinski definition) is 2. The average molecular weight is 312 g/mol. The first kappa shape index (κ1) is 15.3. The molecule has 0 spiro atoms. The van der Waals surface area contributed by atoms with Crippen LogP contribution in [0.25, 0.3) is 0 Å². The van der Waals surface area contributed by atoms with Crippen molar-refractivity contribution in [2.24, 2.45) is 5.84 Å². The van der Waals surface area contributed by atoms with Crippen molar-refractivity contribution in [1.29, 1.82) is 0 Å². The minimum Gasteiger partial charge on any atom is -0.271 e. The van der Waals surface area contributed by atoms with Gasteiger partial charge in [0.2, 0.25) is 0 Å². The molecule has 2 rings (SSSR count). The molecule has 1 atom stereocenters. The van der Waals surface area contributed by atoms with Gasteiger partial charge in [-0.3, -0.25) is 16.0 Å². The lowest BCUT2D eigenvalue weighted by atomic mass is 10.2. The zero-order chi connectivity index (χ0) is 14.4. The molecule has 1 heterocycles.